The van der Waals surface area contributed by atoms with Crippen molar-refractivity contribution in [3.63, 3.8) is 0 Å². The Morgan fingerprint density at radius 2 is 2.27 bits per heavy atom. The highest BCUT2D eigenvalue weighted by Crippen LogP contribution is 2.34. The lowest BCUT2D eigenvalue weighted by Crippen LogP contribution is -2.24. The molecule has 3 nitrogen and oxygen atoms in total. The second-order valence-electron chi connectivity index (χ2n) is 3.75. The molecule has 2 rings (SSSR count). The third-order valence-corrected chi connectivity index (χ3v) is 3.20. The molecule has 1 aromatic carbocycles. The van der Waals surface area contributed by atoms with Gasteiger partial charge in [-0.3, -0.25) is 4.79 Å². The number of para-hydroxylation sites is 1. The molecule has 0 spiro atoms. The number of carbonyl (C=O) groups is 1. The number of aryl methyl sites for hydroxylation is 1. The zero-order valence-corrected chi connectivity index (χ0v) is 9.99. The average molecular weight is 270 g/mol. The minimum Gasteiger partial charge on any atom is -0.505 e. The number of aromatic hydroxyl groups is 1. The number of nitrogens with zero attached hydrogens (tertiary/aromatic N) is 1. The molecule has 1 fully saturated rings. The summed E-state index contributed by atoms with van der Waals surface area (Å²) in [4.78, 5) is 13.4. The molecule has 0 bridgehead atoms. The molecule has 0 aliphatic carbocycles. The van der Waals surface area contributed by atoms with E-state index < -0.39 is 0 Å². The highest BCUT2D eigenvalue weighted by molar-refractivity contribution is 9.09. The maximum atomic E-state index is 11.6. The number of rotatable bonds is 1. The third kappa shape index (κ3) is 1.86. The van der Waals surface area contributed by atoms with Crippen molar-refractivity contribution in [1.29, 1.82) is 0 Å². The van der Waals surface area contributed by atoms with Gasteiger partial charge in [0.2, 0.25) is 5.91 Å². The van der Waals surface area contributed by atoms with Crippen LogP contribution in [-0.4, -0.2) is 22.4 Å². The van der Waals surface area contributed by atoms with Crippen molar-refractivity contribution >= 4 is 27.5 Å². The molecule has 1 heterocycles. The minimum absolute atomic E-state index is 0.0535. The molecule has 4 heteroatoms. The van der Waals surface area contributed by atoms with Crippen molar-refractivity contribution in [3.05, 3.63) is 23.8 Å². The zero-order valence-electron chi connectivity index (χ0n) is 8.40. The van der Waals surface area contributed by atoms with Crippen LogP contribution in [0.5, 0.6) is 5.75 Å². The van der Waals surface area contributed by atoms with Gasteiger partial charge in [0.1, 0.15) is 5.75 Å². The molecule has 1 aromatic rings. The molecule has 15 heavy (non-hydrogen) atoms. The van der Waals surface area contributed by atoms with Gasteiger partial charge in [-0.1, -0.05) is 28.1 Å². The Bertz CT molecular complexity index is 406. The Labute approximate surface area is 96.8 Å². The first kappa shape index (κ1) is 10.5. The van der Waals surface area contributed by atoms with E-state index in [4.69, 9.17) is 0 Å². The summed E-state index contributed by atoms with van der Waals surface area (Å²) in [5.41, 5.74) is 1.40. The van der Waals surface area contributed by atoms with Gasteiger partial charge in [-0.05, 0) is 18.6 Å². The standard InChI is InChI=1S/C11H12BrNO2/c1-7-3-2-4-9(11(7)15)13-6-8(12)5-10(13)14/h2-4,8,15H,5-6H2,1H3. The van der Waals surface area contributed by atoms with Crippen molar-refractivity contribution < 1.29 is 9.90 Å². The van der Waals surface area contributed by atoms with E-state index in [1.54, 1.807) is 11.0 Å². The molecular weight excluding hydrogens is 258 g/mol. The molecule has 1 unspecified atom stereocenters. The Hall–Kier alpha value is -1.03. The van der Waals surface area contributed by atoms with Crippen molar-refractivity contribution in [1.82, 2.24) is 0 Å². The SMILES string of the molecule is Cc1cccc(N2CC(Br)CC2=O)c1O. The fraction of sp³-hybridized carbons (Fsp3) is 0.364. The molecule has 1 aliphatic rings. The van der Waals surface area contributed by atoms with Crippen LogP contribution in [0.25, 0.3) is 0 Å². The van der Waals surface area contributed by atoms with Crippen LogP contribution >= 0.6 is 15.9 Å². The molecule has 80 valence electrons. The van der Waals surface area contributed by atoms with Crippen molar-refractivity contribution in [2.24, 2.45) is 0 Å². The van der Waals surface area contributed by atoms with Crippen LogP contribution in [0.15, 0.2) is 18.2 Å². The van der Waals surface area contributed by atoms with Gasteiger partial charge in [0.05, 0.1) is 5.69 Å². The van der Waals surface area contributed by atoms with E-state index in [9.17, 15) is 9.90 Å². The fourth-order valence-corrected chi connectivity index (χ4v) is 2.32. The lowest BCUT2D eigenvalue weighted by molar-refractivity contribution is -0.117. The summed E-state index contributed by atoms with van der Waals surface area (Å²) in [5.74, 6) is 0.255. The number of alkyl halides is 1. The predicted octanol–water partition coefficient (Wildman–Crippen LogP) is 2.20. The number of carbonyl (C=O) groups excluding carboxylic acids is 1. The largest absolute Gasteiger partial charge is 0.505 e. The number of hydrogen-bond acceptors (Lipinski definition) is 2. The summed E-state index contributed by atoms with van der Waals surface area (Å²) in [7, 11) is 0. The molecule has 1 aliphatic heterocycles. The van der Waals surface area contributed by atoms with E-state index in [2.05, 4.69) is 15.9 Å². The highest BCUT2D eigenvalue weighted by Gasteiger charge is 2.30. The lowest BCUT2D eigenvalue weighted by atomic mass is 10.2. The second-order valence-corrected chi connectivity index (χ2v) is 5.04. The van der Waals surface area contributed by atoms with Gasteiger partial charge in [0.15, 0.2) is 0 Å². The van der Waals surface area contributed by atoms with Crippen LogP contribution in [0.3, 0.4) is 0 Å². The maximum absolute atomic E-state index is 11.6. The molecule has 0 radical (unpaired) electrons. The topological polar surface area (TPSA) is 40.5 Å². The molecule has 0 saturated carbocycles. The monoisotopic (exact) mass is 269 g/mol. The zero-order chi connectivity index (χ0) is 11.0. The van der Waals surface area contributed by atoms with E-state index in [0.717, 1.165) is 5.56 Å². The minimum atomic E-state index is 0.0535. The van der Waals surface area contributed by atoms with Gasteiger partial charge in [-0.25, -0.2) is 0 Å². The molecule has 0 aromatic heterocycles. The number of phenols is 1. The Morgan fingerprint density at radius 3 is 2.87 bits per heavy atom. The molecule has 1 amide bonds. The average Bonchev–Trinajstić information content (AvgIpc) is 2.50. The molecule has 1 saturated heterocycles. The summed E-state index contributed by atoms with van der Waals surface area (Å²) in [6, 6.07) is 5.44. The summed E-state index contributed by atoms with van der Waals surface area (Å²) in [6.45, 7) is 2.45. The van der Waals surface area contributed by atoms with E-state index in [0.29, 0.717) is 18.7 Å². The van der Waals surface area contributed by atoms with E-state index in [1.807, 2.05) is 19.1 Å². The van der Waals surface area contributed by atoms with Gasteiger partial charge in [-0.15, -0.1) is 0 Å². The van der Waals surface area contributed by atoms with Gasteiger partial charge < -0.3 is 10.0 Å². The summed E-state index contributed by atoms with van der Waals surface area (Å²) >= 11 is 3.42. The lowest BCUT2D eigenvalue weighted by Gasteiger charge is -2.18. The normalized spacial score (nSPS) is 21.1. The number of amides is 1. The number of anilines is 1. The molecular formula is C11H12BrNO2. The van der Waals surface area contributed by atoms with Crippen LogP contribution in [0, 0.1) is 6.92 Å². The predicted molar refractivity (Wildman–Crippen MR) is 62.5 cm³/mol. The first-order chi connectivity index (χ1) is 7.09. The molecule has 1 atom stereocenters. The van der Waals surface area contributed by atoms with Crippen LogP contribution in [-0.2, 0) is 4.79 Å². The highest BCUT2D eigenvalue weighted by atomic mass is 79.9. The van der Waals surface area contributed by atoms with Gasteiger partial charge in [-0.2, -0.15) is 0 Å². The van der Waals surface area contributed by atoms with Crippen LogP contribution < -0.4 is 4.90 Å². The first-order valence-corrected chi connectivity index (χ1v) is 5.74. The van der Waals surface area contributed by atoms with Crippen molar-refractivity contribution in [3.8, 4) is 5.75 Å². The number of phenolic OH excluding ortho intramolecular Hbond substituents is 1. The Balaban J connectivity index is 2.38. The smallest absolute Gasteiger partial charge is 0.228 e. The van der Waals surface area contributed by atoms with E-state index in [1.165, 1.54) is 0 Å². The van der Waals surface area contributed by atoms with Gasteiger partial charge in [0, 0.05) is 17.8 Å². The van der Waals surface area contributed by atoms with Crippen molar-refractivity contribution in [2.45, 2.75) is 18.2 Å². The number of halogens is 1. The fourth-order valence-electron chi connectivity index (χ4n) is 1.76. The first-order valence-electron chi connectivity index (χ1n) is 4.82. The van der Waals surface area contributed by atoms with Gasteiger partial charge >= 0.3 is 0 Å². The van der Waals surface area contributed by atoms with Crippen LogP contribution in [0.2, 0.25) is 0 Å². The van der Waals surface area contributed by atoms with Crippen LogP contribution in [0.1, 0.15) is 12.0 Å². The summed E-state index contributed by atoms with van der Waals surface area (Å²) in [6.07, 6.45) is 0.493. The van der Waals surface area contributed by atoms with Crippen molar-refractivity contribution in [2.75, 3.05) is 11.4 Å². The van der Waals surface area contributed by atoms with Gasteiger partial charge in [0.25, 0.3) is 0 Å². The quantitative estimate of drug-likeness (QED) is 0.795. The van der Waals surface area contributed by atoms with Crippen LogP contribution in [0.4, 0.5) is 5.69 Å². The Morgan fingerprint density at radius 1 is 1.53 bits per heavy atom. The summed E-state index contributed by atoms with van der Waals surface area (Å²) in [5, 5.41) is 9.85. The second kappa shape index (κ2) is 3.85. The number of hydrogen-bond donors (Lipinski definition) is 1. The van der Waals surface area contributed by atoms with E-state index >= 15 is 0 Å². The number of benzene rings is 1. The third-order valence-electron chi connectivity index (χ3n) is 2.59. The molecule has 1 N–H and O–H groups in total. The summed E-state index contributed by atoms with van der Waals surface area (Å²) < 4.78 is 0. The van der Waals surface area contributed by atoms with E-state index in [-0.39, 0.29) is 16.5 Å². The Kier molecular flexibility index (Phi) is 2.69. The maximum Gasteiger partial charge on any atom is 0.228 e.